The average Bonchev–Trinajstić information content (AvgIpc) is 2.78. The van der Waals surface area contributed by atoms with Gasteiger partial charge in [0.15, 0.2) is 0 Å². The Morgan fingerprint density at radius 2 is 1.33 bits per heavy atom. The number of ether oxygens (including phenoxy) is 1. The Balaban J connectivity index is 0. The lowest BCUT2D eigenvalue weighted by atomic mass is 10.2. The standard InChI is InChI=1S/C9H19N2O5PS.C9H18NO6PS/c1-7(9(10)13)6-18-5-4-8(12)11-17(14,15-2)16-3;1-7(9(10)12)6-18-5-2-8(11)16-3-4-17(13,14)15/h7H,4-6H2,1-3H3,(H2,10,13)(H,11,12,14);7H,2-6H2,1H3,(H2,10,12)(H2,13,14,15). The summed E-state index contributed by atoms with van der Waals surface area (Å²) < 4.78 is 35.8. The molecule has 2 atom stereocenters. The molecule has 0 aliphatic rings. The number of primary amides is 2. The van der Waals surface area contributed by atoms with Crippen LogP contribution in [-0.2, 0) is 42.1 Å². The van der Waals surface area contributed by atoms with Gasteiger partial charge in [-0.3, -0.25) is 37.9 Å². The van der Waals surface area contributed by atoms with Gasteiger partial charge in [-0.2, -0.15) is 23.5 Å². The smallest absolute Gasteiger partial charge is 0.434 e. The Labute approximate surface area is 219 Å². The van der Waals surface area contributed by atoms with Gasteiger partial charge in [0.1, 0.15) is 6.61 Å². The van der Waals surface area contributed by atoms with E-state index >= 15 is 0 Å². The van der Waals surface area contributed by atoms with Crippen molar-refractivity contribution in [2.24, 2.45) is 23.3 Å². The van der Waals surface area contributed by atoms with E-state index in [2.05, 4.69) is 18.9 Å². The minimum absolute atomic E-state index is 0.136. The summed E-state index contributed by atoms with van der Waals surface area (Å²) in [5.74, 6) is -0.114. The molecule has 0 aromatic heterocycles. The Kier molecular flexibility index (Phi) is 20.5. The molecule has 0 rings (SSSR count). The van der Waals surface area contributed by atoms with Gasteiger partial charge in [0, 0.05) is 55.5 Å². The first kappa shape index (κ1) is 37.0. The number of nitrogens with two attached hydrogens (primary N) is 2. The molecule has 3 amide bonds. The topological polar surface area (TPSA) is 235 Å². The highest BCUT2D eigenvalue weighted by molar-refractivity contribution is 7.99. The largest absolute Gasteiger partial charge is 0.465 e. The Hall–Kier alpha value is -1.12. The lowest BCUT2D eigenvalue weighted by Gasteiger charge is -2.14. The molecule has 0 bridgehead atoms. The highest BCUT2D eigenvalue weighted by Gasteiger charge is 2.23. The average molecular weight is 598 g/mol. The summed E-state index contributed by atoms with van der Waals surface area (Å²) >= 11 is 2.83. The molecule has 0 heterocycles. The summed E-state index contributed by atoms with van der Waals surface area (Å²) in [6.07, 6.45) is -0.172. The van der Waals surface area contributed by atoms with Crippen LogP contribution in [0, 0.1) is 11.8 Å². The van der Waals surface area contributed by atoms with Crippen molar-refractivity contribution in [1.82, 2.24) is 5.09 Å². The van der Waals surface area contributed by atoms with Gasteiger partial charge in [0.05, 0.1) is 12.6 Å². The van der Waals surface area contributed by atoms with E-state index in [0.717, 1.165) is 0 Å². The molecule has 0 fully saturated rings. The summed E-state index contributed by atoms with van der Waals surface area (Å²) in [5, 5.41) is 2.17. The Morgan fingerprint density at radius 3 is 1.72 bits per heavy atom. The first-order chi connectivity index (χ1) is 16.6. The number of carbonyl (C=O) groups excluding carboxylic acids is 4. The van der Waals surface area contributed by atoms with E-state index in [1.807, 2.05) is 0 Å². The fourth-order valence-corrected chi connectivity index (χ4v) is 4.82. The van der Waals surface area contributed by atoms with Crippen molar-refractivity contribution in [3.63, 3.8) is 0 Å². The number of rotatable bonds is 18. The van der Waals surface area contributed by atoms with Crippen molar-refractivity contribution in [2.45, 2.75) is 26.7 Å². The van der Waals surface area contributed by atoms with E-state index in [0.29, 0.717) is 23.0 Å². The minimum Gasteiger partial charge on any atom is -0.465 e. The molecular formula is C18H37N3O11P2S2. The van der Waals surface area contributed by atoms with Crippen LogP contribution < -0.4 is 16.6 Å². The van der Waals surface area contributed by atoms with Crippen LogP contribution in [0.4, 0.5) is 0 Å². The Morgan fingerprint density at radius 1 is 0.889 bits per heavy atom. The van der Waals surface area contributed by atoms with Crippen molar-refractivity contribution in [1.29, 1.82) is 0 Å². The summed E-state index contributed by atoms with van der Waals surface area (Å²) in [5.41, 5.74) is 10.2. The molecule has 14 nitrogen and oxygen atoms in total. The van der Waals surface area contributed by atoms with Crippen LogP contribution in [0.5, 0.6) is 0 Å². The lowest BCUT2D eigenvalue weighted by Crippen LogP contribution is -2.24. The van der Waals surface area contributed by atoms with Gasteiger partial charge >= 0.3 is 21.3 Å². The van der Waals surface area contributed by atoms with E-state index < -0.39 is 33.4 Å². The molecule has 7 N–H and O–H groups in total. The van der Waals surface area contributed by atoms with Gasteiger partial charge < -0.3 is 26.0 Å². The quantitative estimate of drug-likeness (QED) is 0.0832. The second kappa shape index (κ2) is 19.9. The molecule has 18 heteroatoms. The SMILES string of the molecule is CC(CSCCC(=O)OCCP(=O)(O)O)C(N)=O.COP(=O)(NC(=O)CCSCC(C)C(N)=O)OC. The number of hydrogen-bond donors (Lipinski definition) is 5. The lowest BCUT2D eigenvalue weighted by molar-refractivity contribution is -0.142. The van der Waals surface area contributed by atoms with E-state index in [-0.39, 0.29) is 43.1 Å². The zero-order valence-corrected chi connectivity index (χ0v) is 24.2. The number of hydrogen-bond acceptors (Lipinski definition) is 11. The van der Waals surface area contributed by atoms with Crippen LogP contribution in [0.2, 0.25) is 0 Å². The van der Waals surface area contributed by atoms with E-state index in [4.69, 9.17) is 21.3 Å². The number of carbonyl (C=O) groups is 4. The predicted octanol–water partition coefficient (Wildman–Crippen LogP) is 0.700. The zero-order chi connectivity index (χ0) is 28.4. The fraction of sp³-hybridized carbons (Fsp3) is 0.778. The van der Waals surface area contributed by atoms with Crippen LogP contribution in [0.25, 0.3) is 0 Å². The molecule has 0 aliphatic carbocycles. The second-order valence-corrected chi connectivity index (χ2v) is 13.3. The van der Waals surface area contributed by atoms with E-state index in [1.165, 1.54) is 37.7 Å². The highest BCUT2D eigenvalue weighted by atomic mass is 32.2. The van der Waals surface area contributed by atoms with Gasteiger partial charge in [-0.15, -0.1) is 0 Å². The van der Waals surface area contributed by atoms with E-state index in [9.17, 15) is 28.3 Å². The van der Waals surface area contributed by atoms with Crippen molar-refractivity contribution in [3.05, 3.63) is 0 Å². The molecule has 0 saturated heterocycles. The van der Waals surface area contributed by atoms with Gasteiger partial charge in [-0.05, 0) is 0 Å². The highest BCUT2D eigenvalue weighted by Crippen LogP contribution is 2.41. The summed E-state index contributed by atoms with van der Waals surface area (Å²) in [6, 6.07) is 0. The summed E-state index contributed by atoms with van der Waals surface area (Å²) in [7, 11) is -5.24. The molecule has 0 aliphatic heterocycles. The van der Waals surface area contributed by atoms with Crippen molar-refractivity contribution < 1.29 is 51.9 Å². The maximum atomic E-state index is 11.5. The molecular weight excluding hydrogens is 560 g/mol. The number of nitrogens with one attached hydrogen (secondary N) is 1. The van der Waals surface area contributed by atoms with Crippen LogP contribution in [-0.4, -0.2) is 83.5 Å². The molecule has 2 unspecified atom stereocenters. The molecule has 0 aromatic rings. The normalized spacial score (nSPS) is 13.1. The fourth-order valence-electron chi connectivity index (χ4n) is 1.73. The van der Waals surface area contributed by atoms with Crippen LogP contribution in [0.3, 0.4) is 0 Å². The maximum absolute atomic E-state index is 11.5. The number of amides is 3. The molecule has 0 saturated carbocycles. The third-order valence-corrected chi connectivity index (χ3v) is 8.73. The van der Waals surface area contributed by atoms with Crippen LogP contribution in [0.15, 0.2) is 0 Å². The molecule has 0 spiro atoms. The first-order valence-corrected chi connectivity index (χ1v) is 16.2. The maximum Gasteiger partial charge on any atom is 0.434 e. The number of thioether (sulfide) groups is 2. The second-order valence-electron chi connectivity index (χ2n) is 7.26. The molecule has 212 valence electrons. The van der Waals surface area contributed by atoms with Crippen molar-refractivity contribution in [2.75, 3.05) is 50.0 Å². The van der Waals surface area contributed by atoms with Crippen LogP contribution >= 0.6 is 38.9 Å². The first-order valence-electron chi connectivity index (χ1n) is 10.5. The van der Waals surface area contributed by atoms with Gasteiger partial charge in [-0.1, -0.05) is 13.8 Å². The molecule has 0 aromatic carbocycles. The van der Waals surface area contributed by atoms with Crippen LogP contribution in [0.1, 0.15) is 26.7 Å². The third kappa shape index (κ3) is 22.1. The van der Waals surface area contributed by atoms with Gasteiger partial charge in [0.25, 0.3) is 0 Å². The minimum atomic E-state index is -4.11. The summed E-state index contributed by atoms with van der Waals surface area (Å²) in [6.45, 7) is 3.14. The Bertz CT molecular complexity index is 790. The van der Waals surface area contributed by atoms with Crippen molar-refractivity contribution >= 4 is 62.6 Å². The zero-order valence-electron chi connectivity index (χ0n) is 20.7. The monoisotopic (exact) mass is 597 g/mol. The molecule has 36 heavy (non-hydrogen) atoms. The third-order valence-electron chi connectivity index (χ3n) is 4.02. The van der Waals surface area contributed by atoms with Gasteiger partial charge in [-0.25, -0.2) is 4.57 Å². The predicted molar refractivity (Wildman–Crippen MR) is 138 cm³/mol. The van der Waals surface area contributed by atoms with E-state index in [1.54, 1.807) is 13.8 Å². The molecule has 0 radical (unpaired) electrons. The summed E-state index contributed by atoms with van der Waals surface area (Å²) in [4.78, 5) is 61.1. The van der Waals surface area contributed by atoms with Crippen molar-refractivity contribution in [3.8, 4) is 0 Å². The van der Waals surface area contributed by atoms with Gasteiger partial charge in [0.2, 0.25) is 17.7 Å². The number of esters is 1.